The number of sulfonamides is 1. The fraction of sp³-hybridized carbons (Fsp3) is 0.545. The average Bonchev–Trinajstić information content (AvgIpc) is 2.38. The molecule has 118 valence electrons. The van der Waals surface area contributed by atoms with Crippen LogP contribution in [0.5, 0.6) is 0 Å². The van der Waals surface area contributed by atoms with Crippen molar-refractivity contribution in [3.63, 3.8) is 0 Å². The second-order valence-electron chi connectivity index (χ2n) is 4.69. The van der Waals surface area contributed by atoms with E-state index < -0.39 is 39.1 Å². The van der Waals surface area contributed by atoms with Gasteiger partial charge in [0.2, 0.25) is 5.03 Å². The van der Waals surface area contributed by atoms with Crippen LogP contribution in [0.25, 0.3) is 0 Å². The number of pyridine rings is 1. The molecule has 2 N–H and O–H groups in total. The summed E-state index contributed by atoms with van der Waals surface area (Å²) >= 11 is 0. The molecule has 2 atom stereocenters. The molecular formula is C11H13F4N3O2S. The van der Waals surface area contributed by atoms with Crippen molar-refractivity contribution >= 4 is 10.0 Å². The third-order valence-electron chi connectivity index (χ3n) is 3.11. The molecule has 10 heteroatoms. The first-order chi connectivity index (χ1) is 9.70. The molecule has 0 spiro atoms. The van der Waals surface area contributed by atoms with E-state index in [1.165, 1.54) is 6.07 Å². The summed E-state index contributed by atoms with van der Waals surface area (Å²) in [5.74, 6) is -1.01. The van der Waals surface area contributed by atoms with E-state index in [-0.39, 0.29) is 19.4 Å². The van der Waals surface area contributed by atoms with E-state index in [1.54, 1.807) is 0 Å². The Kier molecular flexibility index (Phi) is 4.49. The predicted molar refractivity (Wildman–Crippen MR) is 65.4 cm³/mol. The molecular weight excluding hydrogens is 314 g/mol. The van der Waals surface area contributed by atoms with Crippen molar-refractivity contribution in [1.29, 1.82) is 0 Å². The molecule has 21 heavy (non-hydrogen) atoms. The highest BCUT2D eigenvalue weighted by Crippen LogP contribution is 2.26. The van der Waals surface area contributed by atoms with Gasteiger partial charge in [0.15, 0.2) is 5.82 Å². The van der Waals surface area contributed by atoms with E-state index in [0.717, 1.165) is 12.3 Å². The van der Waals surface area contributed by atoms with Gasteiger partial charge in [-0.1, -0.05) is 0 Å². The van der Waals surface area contributed by atoms with Crippen molar-refractivity contribution in [2.45, 2.75) is 36.1 Å². The van der Waals surface area contributed by atoms with Gasteiger partial charge in [0.25, 0.3) is 10.0 Å². The van der Waals surface area contributed by atoms with Crippen LogP contribution in [0.1, 0.15) is 12.8 Å². The molecule has 2 unspecified atom stereocenters. The summed E-state index contributed by atoms with van der Waals surface area (Å²) in [5, 5.41) is 1.47. The lowest BCUT2D eigenvalue weighted by Crippen LogP contribution is -2.54. The number of aromatic nitrogens is 1. The zero-order valence-electron chi connectivity index (χ0n) is 10.7. The van der Waals surface area contributed by atoms with Gasteiger partial charge in [0.1, 0.15) is 6.04 Å². The second-order valence-corrected chi connectivity index (χ2v) is 6.32. The molecule has 1 aromatic heterocycles. The maximum atomic E-state index is 13.4. The van der Waals surface area contributed by atoms with Gasteiger partial charge >= 0.3 is 6.18 Å². The Balaban J connectivity index is 2.02. The Morgan fingerprint density at radius 1 is 1.33 bits per heavy atom. The number of hydrogen-bond acceptors (Lipinski definition) is 4. The maximum Gasteiger partial charge on any atom is 0.403 e. The van der Waals surface area contributed by atoms with Crippen LogP contribution in [-0.2, 0) is 10.0 Å². The van der Waals surface area contributed by atoms with Gasteiger partial charge in [-0.25, -0.2) is 22.5 Å². The van der Waals surface area contributed by atoms with E-state index in [1.807, 2.05) is 0 Å². The normalized spacial score (nSPS) is 24.0. The van der Waals surface area contributed by atoms with Crippen molar-refractivity contribution in [3.05, 3.63) is 24.1 Å². The van der Waals surface area contributed by atoms with Crippen LogP contribution in [0.3, 0.4) is 0 Å². The van der Waals surface area contributed by atoms with Gasteiger partial charge < -0.3 is 5.32 Å². The summed E-state index contributed by atoms with van der Waals surface area (Å²) in [5.41, 5.74) is 0. The number of hydrogen-bond donors (Lipinski definition) is 2. The third kappa shape index (κ3) is 3.89. The minimum atomic E-state index is -4.36. The van der Waals surface area contributed by atoms with Gasteiger partial charge in [-0.05, 0) is 25.0 Å². The quantitative estimate of drug-likeness (QED) is 0.818. The number of nitrogens with zero attached hydrogens (tertiary/aromatic N) is 1. The molecule has 2 heterocycles. The highest BCUT2D eigenvalue weighted by atomic mass is 32.2. The summed E-state index contributed by atoms with van der Waals surface area (Å²) < 4.78 is 76.8. The molecule has 0 bridgehead atoms. The van der Waals surface area contributed by atoms with Gasteiger partial charge in [-0.2, -0.15) is 13.2 Å². The maximum absolute atomic E-state index is 13.4. The lowest BCUT2D eigenvalue weighted by molar-refractivity contribution is -0.160. The van der Waals surface area contributed by atoms with Crippen LogP contribution in [-0.4, -0.2) is 38.2 Å². The highest BCUT2D eigenvalue weighted by Gasteiger charge is 2.42. The zero-order chi connectivity index (χ0) is 15.7. The molecule has 5 nitrogen and oxygen atoms in total. The molecule has 0 radical (unpaired) electrons. The first kappa shape index (κ1) is 16.1. The molecule has 0 aromatic carbocycles. The number of rotatable bonds is 3. The SMILES string of the molecule is O=S(=O)(NC1CCC(C(F)(F)F)NC1)c1ncccc1F. The van der Waals surface area contributed by atoms with E-state index in [9.17, 15) is 26.0 Å². The molecule has 1 aromatic rings. The largest absolute Gasteiger partial charge is 0.403 e. The Morgan fingerprint density at radius 3 is 2.57 bits per heavy atom. The molecule has 1 aliphatic heterocycles. The van der Waals surface area contributed by atoms with Crippen LogP contribution in [0.4, 0.5) is 17.6 Å². The summed E-state index contributed by atoms with van der Waals surface area (Å²) in [6.07, 6.45) is -3.49. The monoisotopic (exact) mass is 327 g/mol. The molecule has 1 saturated heterocycles. The number of piperidine rings is 1. The Hall–Kier alpha value is -1.26. The molecule has 2 rings (SSSR count). The van der Waals surface area contributed by atoms with E-state index in [2.05, 4.69) is 15.0 Å². The van der Waals surface area contributed by atoms with Crippen LogP contribution in [0.2, 0.25) is 0 Å². The van der Waals surface area contributed by atoms with Crippen LogP contribution < -0.4 is 10.0 Å². The van der Waals surface area contributed by atoms with E-state index >= 15 is 0 Å². The zero-order valence-corrected chi connectivity index (χ0v) is 11.5. The fourth-order valence-corrected chi connectivity index (χ4v) is 3.36. The van der Waals surface area contributed by atoms with Crippen molar-refractivity contribution < 1.29 is 26.0 Å². The van der Waals surface area contributed by atoms with Crippen molar-refractivity contribution in [2.75, 3.05) is 6.54 Å². The van der Waals surface area contributed by atoms with Gasteiger partial charge in [0, 0.05) is 18.8 Å². The lowest BCUT2D eigenvalue weighted by atomic mass is 10.0. The summed E-state index contributed by atoms with van der Waals surface area (Å²) in [7, 11) is -4.20. The highest BCUT2D eigenvalue weighted by molar-refractivity contribution is 7.89. The molecule has 1 fully saturated rings. The molecule has 1 aliphatic rings. The topological polar surface area (TPSA) is 71.1 Å². The first-order valence-corrected chi connectivity index (χ1v) is 7.61. The van der Waals surface area contributed by atoms with Crippen LogP contribution >= 0.6 is 0 Å². The first-order valence-electron chi connectivity index (χ1n) is 6.13. The molecule has 0 amide bonds. The Labute approximate surface area is 118 Å². The molecule has 0 saturated carbocycles. The van der Waals surface area contributed by atoms with Crippen LogP contribution in [0.15, 0.2) is 23.4 Å². The van der Waals surface area contributed by atoms with E-state index in [0.29, 0.717) is 0 Å². The summed E-state index contributed by atoms with van der Waals surface area (Å²) in [4.78, 5) is 3.44. The Morgan fingerprint density at radius 2 is 2.05 bits per heavy atom. The van der Waals surface area contributed by atoms with Gasteiger partial charge in [-0.15, -0.1) is 0 Å². The fourth-order valence-electron chi connectivity index (χ4n) is 2.08. The summed E-state index contributed by atoms with van der Waals surface area (Å²) in [6, 6.07) is -0.204. The van der Waals surface area contributed by atoms with Gasteiger partial charge in [0.05, 0.1) is 0 Å². The number of halogens is 4. The van der Waals surface area contributed by atoms with Crippen molar-refractivity contribution in [1.82, 2.24) is 15.0 Å². The minimum absolute atomic E-state index is 0.00482. The lowest BCUT2D eigenvalue weighted by Gasteiger charge is -2.31. The number of nitrogens with one attached hydrogen (secondary N) is 2. The molecule has 0 aliphatic carbocycles. The van der Waals surface area contributed by atoms with Gasteiger partial charge in [-0.3, -0.25) is 0 Å². The standard InChI is InChI=1S/C11H13F4N3O2S/c12-8-2-1-5-16-10(8)21(19,20)18-7-3-4-9(17-6-7)11(13,14)15/h1-2,5,7,9,17-18H,3-4,6H2. The third-order valence-corrected chi connectivity index (χ3v) is 4.56. The van der Waals surface area contributed by atoms with Crippen molar-refractivity contribution in [2.24, 2.45) is 0 Å². The number of alkyl halides is 3. The summed E-state index contributed by atoms with van der Waals surface area (Å²) in [6.45, 7) is -0.183. The van der Waals surface area contributed by atoms with E-state index in [4.69, 9.17) is 0 Å². The Bertz CT molecular complexity index is 598. The van der Waals surface area contributed by atoms with Crippen LogP contribution in [0, 0.1) is 5.82 Å². The predicted octanol–water partition coefficient (Wildman–Crippen LogP) is 1.18. The second kappa shape index (κ2) is 5.85. The van der Waals surface area contributed by atoms with Crippen molar-refractivity contribution in [3.8, 4) is 0 Å². The minimum Gasteiger partial charge on any atom is -0.305 e. The average molecular weight is 327 g/mol. The smallest absolute Gasteiger partial charge is 0.305 e.